The Kier molecular flexibility index (Phi) is 11.6. The molecule has 9 heteroatoms. The lowest BCUT2D eigenvalue weighted by Crippen LogP contribution is -2.44. The van der Waals surface area contributed by atoms with Gasteiger partial charge in [-0.2, -0.15) is 0 Å². The van der Waals surface area contributed by atoms with Crippen LogP contribution < -0.4 is 15.4 Å². The van der Waals surface area contributed by atoms with Crippen molar-refractivity contribution in [3.05, 3.63) is 71.3 Å². The Hall–Kier alpha value is -1.69. The molecular formula is C23H35IN4O3S. The first kappa shape index (κ1) is 28.3. The number of benzene rings is 2. The van der Waals surface area contributed by atoms with Crippen molar-refractivity contribution in [2.45, 2.75) is 51.6 Å². The minimum absolute atomic E-state index is 0. The van der Waals surface area contributed by atoms with Gasteiger partial charge in [0.25, 0.3) is 0 Å². The predicted octanol–water partition coefficient (Wildman–Crippen LogP) is 3.10. The second kappa shape index (κ2) is 13.1. The summed E-state index contributed by atoms with van der Waals surface area (Å²) >= 11 is 0. The van der Waals surface area contributed by atoms with Gasteiger partial charge in [0.15, 0.2) is 5.96 Å². The first-order valence-corrected chi connectivity index (χ1v) is 12.1. The number of hydrogen-bond acceptors (Lipinski definition) is 4. The van der Waals surface area contributed by atoms with Crippen LogP contribution in [0.2, 0.25) is 0 Å². The fraction of sp³-hybridized carbons (Fsp3) is 0.435. The van der Waals surface area contributed by atoms with Gasteiger partial charge in [0.2, 0.25) is 10.0 Å². The lowest BCUT2D eigenvalue weighted by molar-refractivity contribution is 0.0617. The molecule has 0 fully saturated rings. The van der Waals surface area contributed by atoms with Gasteiger partial charge in [-0.1, -0.05) is 54.6 Å². The van der Waals surface area contributed by atoms with Crippen molar-refractivity contribution in [3.63, 3.8) is 0 Å². The molecule has 2 aromatic carbocycles. The molecule has 0 aliphatic carbocycles. The van der Waals surface area contributed by atoms with E-state index in [1.165, 1.54) is 0 Å². The molecule has 0 spiro atoms. The van der Waals surface area contributed by atoms with Gasteiger partial charge in [0, 0.05) is 12.6 Å². The Morgan fingerprint density at radius 1 is 1.03 bits per heavy atom. The third kappa shape index (κ3) is 9.85. The Bertz CT molecular complexity index is 947. The summed E-state index contributed by atoms with van der Waals surface area (Å²) in [5.41, 5.74) is 1.49. The second-order valence-electron chi connectivity index (χ2n) is 8.04. The first-order valence-electron chi connectivity index (χ1n) is 10.5. The summed E-state index contributed by atoms with van der Waals surface area (Å²) in [6.07, 6.45) is 0. The summed E-state index contributed by atoms with van der Waals surface area (Å²) in [6, 6.07) is 16.8. The predicted molar refractivity (Wildman–Crippen MR) is 142 cm³/mol. The van der Waals surface area contributed by atoms with Crippen molar-refractivity contribution in [3.8, 4) is 0 Å². The Balaban J connectivity index is 0.00000512. The topological polar surface area (TPSA) is 103 Å². The summed E-state index contributed by atoms with van der Waals surface area (Å²) in [6.45, 7) is 8.77. The molecule has 0 bridgehead atoms. The molecule has 2 rings (SSSR count). The molecule has 0 amide bonds. The maximum absolute atomic E-state index is 12.1. The number of aliphatic imine (C=N–C) groups is 1. The van der Waals surface area contributed by atoms with E-state index in [4.69, 9.17) is 0 Å². The Labute approximate surface area is 209 Å². The van der Waals surface area contributed by atoms with Crippen LogP contribution >= 0.6 is 24.0 Å². The van der Waals surface area contributed by atoms with Crippen LogP contribution in [-0.2, 0) is 27.9 Å². The number of aliphatic hydroxyl groups is 1. The monoisotopic (exact) mass is 574 g/mol. The van der Waals surface area contributed by atoms with Crippen LogP contribution in [0.5, 0.6) is 0 Å². The summed E-state index contributed by atoms with van der Waals surface area (Å²) in [7, 11) is -3.35. The quantitative estimate of drug-likeness (QED) is 0.199. The van der Waals surface area contributed by atoms with Gasteiger partial charge in [0.1, 0.15) is 5.60 Å². The second-order valence-corrected chi connectivity index (χ2v) is 9.79. The number of rotatable bonds is 10. The van der Waals surface area contributed by atoms with E-state index in [1.807, 2.05) is 61.5 Å². The van der Waals surface area contributed by atoms with E-state index in [0.29, 0.717) is 25.6 Å². The minimum Gasteiger partial charge on any atom is -0.384 e. The molecule has 0 heterocycles. The number of hydrogen-bond donors (Lipinski definition) is 4. The van der Waals surface area contributed by atoms with E-state index in [1.54, 1.807) is 20.8 Å². The zero-order valence-corrected chi connectivity index (χ0v) is 22.3. The third-order valence-electron chi connectivity index (χ3n) is 4.55. The van der Waals surface area contributed by atoms with E-state index in [0.717, 1.165) is 16.7 Å². The minimum atomic E-state index is -3.35. The van der Waals surface area contributed by atoms with Crippen LogP contribution in [0.1, 0.15) is 44.4 Å². The average molecular weight is 575 g/mol. The van der Waals surface area contributed by atoms with E-state index in [2.05, 4.69) is 20.3 Å². The van der Waals surface area contributed by atoms with Crippen molar-refractivity contribution in [2.24, 2.45) is 4.99 Å². The highest BCUT2D eigenvalue weighted by Gasteiger charge is 2.23. The van der Waals surface area contributed by atoms with Crippen LogP contribution in [0.3, 0.4) is 0 Å². The summed E-state index contributed by atoms with van der Waals surface area (Å²) in [5.74, 6) is 0.555. The fourth-order valence-corrected chi connectivity index (χ4v) is 4.46. The normalized spacial score (nSPS) is 13.9. The highest BCUT2D eigenvalue weighted by molar-refractivity contribution is 14.0. The molecule has 7 nitrogen and oxygen atoms in total. The van der Waals surface area contributed by atoms with E-state index in [9.17, 15) is 13.5 Å². The molecule has 1 unspecified atom stereocenters. The van der Waals surface area contributed by atoms with Gasteiger partial charge < -0.3 is 15.7 Å². The molecule has 0 radical (unpaired) electrons. The van der Waals surface area contributed by atoms with Crippen molar-refractivity contribution >= 4 is 40.0 Å². The summed E-state index contributed by atoms with van der Waals surface area (Å²) in [4.78, 5) is 4.58. The molecule has 32 heavy (non-hydrogen) atoms. The molecule has 0 aliphatic heterocycles. The van der Waals surface area contributed by atoms with Gasteiger partial charge in [-0.25, -0.2) is 18.1 Å². The SMILES string of the molecule is CCNC(=NCc1ccc(CS(=O)(=O)NC(C)C)cc1)NCC(C)(O)c1ccccc1.I. The molecular weight excluding hydrogens is 539 g/mol. The highest BCUT2D eigenvalue weighted by Crippen LogP contribution is 2.18. The molecule has 1 atom stereocenters. The van der Waals surface area contributed by atoms with E-state index >= 15 is 0 Å². The van der Waals surface area contributed by atoms with Crippen molar-refractivity contribution in [1.29, 1.82) is 0 Å². The smallest absolute Gasteiger partial charge is 0.216 e. The van der Waals surface area contributed by atoms with Crippen molar-refractivity contribution in [1.82, 2.24) is 15.4 Å². The van der Waals surface area contributed by atoms with Gasteiger partial charge in [-0.05, 0) is 44.4 Å². The number of halogens is 1. The van der Waals surface area contributed by atoms with Crippen molar-refractivity contribution < 1.29 is 13.5 Å². The Morgan fingerprint density at radius 3 is 2.19 bits per heavy atom. The lowest BCUT2D eigenvalue weighted by Gasteiger charge is -2.25. The number of guanidine groups is 1. The standard InChI is InChI=1S/C23H34N4O3S.HI/c1-5-24-22(26-17-23(4,28)21-9-7-6-8-10-21)25-15-19-11-13-20(14-12-19)16-31(29,30)27-18(2)3;/h6-14,18,27-28H,5,15-17H2,1-4H3,(H2,24,25,26);1H. The zero-order valence-electron chi connectivity index (χ0n) is 19.1. The van der Waals surface area contributed by atoms with Gasteiger partial charge in [-0.15, -0.1) is 24.0 Å². The van der Waals surface area contributed by atoms with Gasteiger partial charge >= 0.3 is 0 Å². The average Bonchev–Trinajstić information content (AvgIpc) is 2.70. The van der Waals surface area contributed by atoms with Crippen LogP contribution in [0.25, 0.3) is 0 Å². The molecule has 0 aliphatic rings. The highest BCUT2D eigenvalue weighted by atomic mass is 127. The van der Waals surface area contributed by atoms with Crippen molar-refractivity contribution in [2.75, 3.05) is 13.1 Å². The summed E-state index contributed by atoms with van der Waals surface area (Å²) < 4.78 is 26.7. The maximum atomic E-state index is 12.1. The molecule has 178 valence electrons. The Morgan fingerprint density at radius 2 is 1.62 bits per heavy atom. The van der Waals surface area contributed by atoms with Crippen LogP contribution in [0.15, 0.2) is 59.6 Å². The number of sulfonamides is 1. The largest absolute Gasteiger partial charge is 0.384 e. The van der Waals surface area contributed by atoms with Gasteiger partial charge in [0.05, 0.1) is 18.8 Å². The lowest BCUT2D eigenvalue weighted by atomic mass is 9.96. The fourth-order valence-electron chi connectivity index (χ4n) is 3.03. The van der Waals surface area contributed by atoms with E-state index < -0.39 is 15.6 Å². The van der Waals surface area contributed by atoms with Crippen LogP contribution in [0.4, 0.5) is 0 Å². The molecule has 4 N–H and O–H groups in total. The summed E-state index contributed by atoms with van der Waals surface area (Å²) in [5, 5.41) is 17.1. The molecule has 0 aromatic heterocycles. The van der Waals surface area contributed by atoms with Crippen LogP contribution in [0, 0.1) is 0 Å². The molecule has 2 aromatic rings. The maximum Gasteiger partial charge on any atom is 0.216 e. The van der Waals surface area contributed by atoms with E-state index in [-0.39, 0.29) is 35.8 Å². The van der Waals surface area contributed by atoms with Crippen LogP contribution in [-0.4, -0.2) is 38.6 Å². The number of nitrogens with zero attached hydrogens (tertiary/aromatic N) is 1. The number of nitrogens with one attached hydrogen (secondary N) is 3. The third-order valence-corrected chi connectivity index (χ3v) is 6.10. The molecule has 0 saturated carbocycles. The molecule has 0 saturated heterocycles. The zero-order chi connectivity index (χ0) is 22.9. The first-order chi connectivity index (χ1) is 14.6. The van der Waals surface area contributed by atoms with Gasteiger partial charge in [-0.3, -0.25) is 0 Å².